The topological polar surface area (TPSA) is 44.9 Å². The second-order valence-corrected chi connectivity index (χ2v) is 5.19. The van der Waals surface area contributed by atoms with Gasteiger partial charge in [-0.3, -0.25) is 4.79 Å². The Bertz CT molecular complexity index is 838. The standard InChI is InChI=1S/C17H13F3N2O/c18-17(19,20)15-10-12-9-13(6-7-14(12)22-15)21-16(23)8-11-4-2-1-3-5-11/h1-7,9-10,22H,8H2,(H,21,23). The van der Waals surface area contributed by atoms with Crippen LogP contribution in [-0.2, 0) is 17.4 Å². The van der Waals surface area contributed by atoms with Crippen molar-refractivity contribution in [2.45, 2.75) is 12.6 Å². The molecule has 0 aliphatic carbocycles. The van der Waals surface area contributed by atoms with Crippen molar-refractivity contribution >= 4 is 22.5 Å². The molecular formula is C17H13F3N2O. The predicted molar refractivity (Wildman–Crippen MR) is 82.1 cm³/mol. The number of H-pyrrole nitrogens is 1. The van der Waals surface area contributed by atoms with Crippen LogP contribution in [0.2, 0.25) is 0 Å². The van der Waals surface area contributed by atoms with Crippen molar-refractivity contribution in [2.75, 3.05) is 5.32 Å². The molecule has 2 aromatic carbocycles. The molecule has 3 aromatic rings. The number of fused-ring (bicyclic) bond motifs is 1. The number of halogens is 3. The molecule has 3 nitrogen and oxygen atoms in total. The van der Waals surface area contributed by atoms with E-state index in [2.05, 4.69) is 10.3 Å². The quantitative estimate of drug-likeness (QED) is 0.740. The first-order chi connectivity index (χ1) is 10.9. The first kappa shape index (κ1) is 15.1. The van der Waals surface area contributed by atoms with Gasteiger partial charge < -0.3 is 10.3 Å². The maximum Gasteiger partial charge on any atom is 0.431 e. The molecule has 118 valence electrons. The largest absolute Gasteiger partial charge is 0.431 e. The van der Waals surface area contributed by atoms with E-state index in [1.807, 2.05) is 30.3 Å². The summed E-state index contributed by atoms with van der Waals surface area (Å²) in [5, 5.41) is 3.09. The van der Waals surface area contributed by atoms with Crippen molar-refractivity contribution in [1.29, 1.82) is 0 Å². The monoisotopic (exact) mass is 318 g/mol. The summed E-state index contributed by atoms with van der Waals surface area (Å²) in [6.07, 6.45) is -4.21. The van der Waals surface area contributed by atoms with Crippen LogP contribution in [0.25, 0.3) is 10.9 Å². The van der Waals surface area contributed by atoms with E-state index in [1.54, 1.807) is 6.07 Å². The summed E-state index contributed by atoms with van der Waals surface area (Å²) in [6.45, 7) is 0. The maximum atomic E-state index is 12.7. The van der Waals surface area contributed by atoms with Gasteiger partial charge in [0.15, 0.2) is 0 Å². The van der Waals surface area contributed by atoms with Crippen LogP contribution < -0.4 is 5.32 Å². The third kappa shape index (κ3) is 3.53. The number of rotatable bonds is 3. The highest BCUT2D eigenvalue weighted by molar-refractivity contribution is 5.95. The molecule has 0 aliphatic rings. The van der Waals surface area contributed by atoms with E-state index in [9.17, 15) is 18.0 Å². The molecule has 0 spiro atoms. The smallest absolute Gasteiger partial charge is 0.351 e. The number of carbonyl (C=O) groups excluding carboxylic acids is 1. The number of hydrogen-bond donors (Lipinski definition) is 2. The lowest BCUT2D eigenvalue weighted by atomic mass is 10.1. The Kier molecular flexibility index (Phi) is 3.82. The van der Waals surface area contributed by atoms with Crippen LogP contribution >= 0.6 is 0 Å². The van der Waals surface area contributed by atoms with Gasteiger partial charge in [0.2, 0.25) is 5.91 Å². The Hall–Kier alpha value is -2.76. The van der Waals surface area contributed by atoms with E-state index in [1.165, 1.54) is 12.1 Å². The minimum Gasteiger partial charge on any atom is -0.351 e. The number of amides is 1. The lowest BCUT2D eigenvalue weighted by Crippen LogP contribution is -2.14. The second kappa shape index (κ2) is 5.79. The second-order valence-electron chi connectivity index (χ2n) is 5.19. The van der Waals surface area contributed by atoms with Gasteiger partial charge in [0.25, 0.3) is 0 Å². The third-order valence-corrected chi connectivity index (χ3v) is 3.42. The number of nitrogens with one attached hydrogen (secondary N) is 2. The fourth-order valence-corrected chi connectivity index (χ4v) is 2.35. The van der Waals surface area contributed by atoms with Crippen LogP contribution in [-0.4, -0.2) is 10.9 Å². The van der Waals surface area contributed by atoms with Crippen LogP contribution in [0.5, 0.6) is 0 Å². The zero-order valence-electron chi connectivity index (χ0n) is 11.9. The number of hydrogen-bond acceptors (Lipinski definition) is 1. The van der Waals surface area contributed by atoms with Crippen LogP contribution in [0.3, 0.4) is 0 Å². The maximum absolute atomic E-state index is 12.7. The SMILES string of the molecule is O=C(Cc1ccccc1)Nc1ccc2[nH]c(C(F)(F)F)cc2c1. The summed E-state index contributed by atoms with van der Waals surface area (Å²) in [5.74, 6) is -0.220. The summed E-state index contributed by atoms with van der Waals surface area (Å²) >= 11 is 0. The van der Waals surface area contributed by atoms with E-state index in [4.69, 9.17) is 0 Å². The Morgan fingerprint density at radius 2 is 1.78 bits per heavy atom. The minimum absolute atomic E-state index is 0.208. The summed E-state index contributed by atoms with van der Waals surface area (Å²) in [6, 6.07) is 14.9. The van der Waals surface area contributed by atoms with Gasteiger partial charge in [-0.1, -0.05) is 30.3 Å². The van der Waals surface area contributed by atoms with Crippen LogP contribution in [0, 0.1) is 0 Å². The van der Waals surface area contributed by atoms with Crippen molar-refractivity contribution in [3.63, 3.8) is 0 Å². The molecule has 0 unspecified atom stereocenters. The molecule has 6 heteroatoms. The normalized spacial score (nSPS) is 11.6. The number of alkyl halides is 3. The summed E-state index contributed by atoms with van der Waals surface area (Å²) in [4.78, 5) is 14.3. The number of anilines is 1. The van der Waals surface area contributed by atoms with Gasteiger partial charge in [-0.2, -0.15) is 13.2 Å². The molecule has 0 aliphatic heterocycles. The number of benzene rings is 2. The number of aromatic nitrogens is 1. The zero-order chi connectivity index (χ0) is 16.4. The molecule has 0 radical (unpaired) electrons. The minimum atomic E-state index is -4.42. The molecule has 1 amide bonds. The Morgan fingerprint density at radius 1 is 1.04 bits per heavy atom. The molecule has 2 N–H and O–H groups in total. The zero-order valence-corrected chi connectivity index (χ0v) is 11.9. The van der Waals surface area contributed by atoms with Crippen molar-refractivity contribution in [2.24, 2.45) is 0 Å². The Labute approximate surface area is 130 Å². The highest BCUT2D eigenvalue weighted by atomic mass is 19.4. The molecule has 1 heterocycles. The third-order valence-electron chi connectivity index (χ3n) is 3.42. The fourth-order valence-electron chi connectivity index (χ4n) is 2.35. The lowest BCUT2D eigenvalue weighted by Gasteiger charge is -2.05. The summed E-state index contributed by atoms with van der Waals surface area (Å²) < 4.78 is 38.0. The van der Waals surface area contributed by atoms with E-state index in [0.717, 1.165) is 11.6 Å². The molecule has 0 fully saturated rings. The Balaban J connectivity index is 1.77. The van der Waals surface area contributed by atoms with Gasteiger partial charge in [0.05, 0.1) is 6.42 Å². The molecule has 0 atom stereocenters. The van der Waals surface area contributed by atoms with Crippen LogP contribution in [0.1, 0.15) is 11.3 Å². The average Bonchev–Trinajstić information content (AvgIpc) is 2.91. The van der Waals surface area contributed by atoms with E-state index in [-0.39, 0.29) is 12.3 Å². The first-order valence-electron chi connectivity index (χ1n) is 6.95. The molecule has 23 heavy (non-hydrogen) atoms. The molecular weight excluding hydrogens is 305 g/mol. The van der Waals surface area contributed by atoms with E-state index >= 15 is 0 Å². The average molecular weight is 318 g/mol. The van der Waals surface area contributed by atoms with Crippen LogP contribution in [0.15, 0.2) is 54.6 Å². The van der Waals surface area contributed by atoms with Gasteiger partial charge in [-0.05, 0) is 29.8 Å². The van der Waals surface area contributed by atoms with Gasteiger partial charge >= 0.3 is 6.18 Å². The van der Waals surface area contributed by atoms with Crippen molar-refractivity contribution in [3.05, 3.63) is 65.9 Å². The predicted octanol–water partition coefficient (Wildman–Crippen LogP) is 4.37. The van der Waals surface area contributed by atoms with Crippen LogP contribution in [0.4, 0.5) is 18.9 Å². The summed E-state index contributed by atoms with van der Waals surface area (Å²) in [7, 11) is 0. The first-order valence-corrected chi connectivity index (χ1v) is 6.95. The Morgan fingerprint density at radius 3 is 2.48 bits per heavy atom. The van der Waals surface area contributed by atoms with E-state index in [0.29, 0.717) is 16.6 Å². The van der Waals surface area contributed by atoms with Gasteiger partial charge in [0.1, 0.15) is 5.69 Å². The van der Waals surface area contributed by atoms with Gasteiger partial charge in [-0.15, -0.1) is 0 Å². The summed E-state index contributed by atoms with van der Waals surface area (Å²) in [5.41, 5.74) is 0.900. The lowest BCUT2D eigenvalue weighted by molar-refractivity contribution is -0.140. The van der Waals surface area contributed by atoms with Crippen molar-refractivity contribution in [1.82, 2.24) is 4.98 Å². The van der Waals surface area contributed by atoms with E-state index < -0.39 is 11.9 Å². The van der Waals surface area contributed by atoms with Crippen molar-refractivity contribution in [3.8, 4) is 0 Å². The highest BCUT2D eigenvalue weighted by Crippen LogP contribution is 2.31. The van der Waals surface area contributed by atoms with Crippen molar-refractivity contribution < 1.29 is 18.0 Å². The van der Waals surface area contributed by atoms with Gasteiger partial charge in [-0.25, -0.2) is 0 Å². The van der Waals surface area contributed by atoms with Gasteiger partial charge in [0, 0.05) is 16.6 Å². The molecule has 0 saturated heterocycles. The number of aromatic amines is 1. The highest BCUT2D eigenvalue weighted by Gasteiger charge is 2.32. The molecule has 0 saturated carbocycles. The molecule has 1 aromatic heterocycles. The molecule has 3 rings (SSSR count). The fraction of sp³-hybridized carbons (Fsp3) is 0.118. The molecule has 0 bridgehead atoms. The number of carbonyl (C=O) groups is 1.